The standard InChI is InChI=1S/C14H28.C8H20N4/c1-3-5-7-9-11-13-14-12-10-8-6-4-2;1-2-9-4-6-11-8-12-7-5-10-3-1/h3H,1,4-14H2,2H3;9-12H,1-8H2. The van der Waals surface area contributed by atoms with Gasteiger partial charge in [-0.15, -0.1) is 6.58 Å². The molecule has 26 heavy (non-hydrogen) atoms. The Balaban J connectivity index is 0.000000485. The van der Waals surface area contributed by atoms with Crippen molar-refractivity contribution in [2.24, 2.45) is 0 Å². The van der Waals surface area contributed by atoms with Gasteiger partial charge in [0.05, 0.1) is 0 Å². The van der Waals surface area contributed by atoms with Crippen molar-refractivity contribution in [3.8, 4) is 0 Å². The van der Waals surface area contributed by atoms with Crippen molar-refractivity contribution in [2.75, 3.05) is 45.9 Å². The Morgan fingerprint density at radius 1 is 0.615 bits per heavy atom. The maximum absolute atomic E-state index is 3.74. The molecule has 0 bridgehead atoms. The molecule has 1 aliphatic rings. The molecule has 4 N–H and O–H groups in total. The fourth-order valence-electron chi connectivity index (χ4n) is 2.98. The number of hydrogen-bond donors (Lipinski definition) is 4. The van der Waals surface area contributed by atoms with Crippen LogP contribution in [0.3, 0.4) is 0 Å². The van der Waals surface area contributed by atoms with Gasteiger partial charge in [0.25, 0.3) is 0 Å². The fourth-order valence-corrected chi connectivity index (χ4v) is 2.98. The third kappa shape index (κ3) is 23.6. The zero-order valence-corrected chi connectivity index (χ0v) is 17.7. The predicted molar refractivity (Wildman–Crippen MR) is 118 cm³/mol. The van der Waals surface area contributed by atoms with Crippen molar-refractivity contribution >= 4 is 0 Å². The summed E-state index contributed by atoms with van der Waals surface area (Å²) in [6.07, 6.45) is 18.7. The van der Waals surface area contributed by atoms with Gasteiger partial charge in [0.2, 0.25) is 0 Å². The number of unbranched alkanes of at least 4 members (excludes halogenated alkanes) is 10. The van der Waals surface area contributed by atoms with E-state index in [1.165, 1.54) is 77.0 Å². The Bertz CT molecular complexity index is 216. The van der Waals surface area contributed by atoms with Crippen LogP contribution < -0.4 is 21.3 Å². The number of hydrogen-bond acceptors (Lipinski definition) is 4. The van der Waals surface area contributed by atoms with Crippen molar-refractivity contribution in [3.05, 3.63) is 12.7 Å². The third-order valence-corrected chi connectivity index (χ3v) is 4.68. The first kappa shape index (κ1) is 25.6. The van der Waals surface area contributed by atoms with Crippen LogP contribution in [0.25, 0.3) is 0 Å². The van der Waals surface area contributed by atoms with Crippen LogP contribution in [0, 0.1) is 0 Å². The molecular weight excluding hydrogens is 320 g/mol. The molecule has 0 atom stereocenters. The summed E-state index contributed by atoms with van der Waals surface area (Å²) in [5, 5.41) is 13.3. The van der Waals surface area contributed by atoms with E-state index in [9.17, 15) is 0 Å². The van der Waals surface area contributed by atoms with E-state index in [1.54, 1.807) is 0 Å². The van der Waals surface area contributed by atoms with Gasteiger partial charge < -0.3 is 21.3 Å². The minimum atomic E-state index is 0.920. The Kier molecular flexibility index (Phi) is 24.2. The molecule has 4 heteroatoms. The van der Waals surface area contributed by atoms with E-state index in [1.807, 2.05) is 6.08 Å². The van der Waals surface area contributed by atoms with Crippen molar-refractivity contribution < 1.29 is 0 Å². The van der Waals surface area contributed by atoms with Crippen LogP contribution >= 0.6 is 0 Å². The lowest BCUT2D eigenvalue weighted by atomic mass is 10.1. The van der Waals surface area contributed by atoms with E-state index in [0.29, 0.717) is 0 Å². The average Bonchev–Trinajstić information content (AvgIpc) is 2.64. The molecule has 4 nitrogen and oxygen atoms in total. The molecule has 0 aliphatic carbocycles. The number of rotatable bonds is 11. The molecule has 1 aliphatic heterocycles. The Morgan fingerprint density at radius 2 is 1.08 bits per heavy atom. The van der Waals surface area contributed by atoms with E-state index in [4.69, 9.17) is 0 Å². The Hall–Kier alpha value is -0.420. The predicted octanol–water partition coefficient (Wildman–Crippen LogP) is 4.19. The van der Waals surface area contributed by atoms with Gasteiger partial charge in [-0.25, -0.2) is 0 Å². The quantitative estimate of drug-likeness (QED) is 0.326. The molecule has 0 radical (unpaired) electrons. The molecule has 0 aromatic heterocycles. The first-order valence-electron chi connectivity index (χ1n) is 11.4. The Labute approximate surface area is 164 Å². The second kappa shape index (κ2) is 24.6. The molecule has 0 spiro atoms. The van der Waals surface area contributed by atoms with Gasteiger partial charge in [0.15, 0.2) is 0 Å². The molecular formula is C22H48N4. The molecule has 156 valence electrons. The summed E-state index contributed by atoms with van der Waals surface area (Å²) in [7, 11) is 0. The minimum absolute atomic E-state index is 0.920. The summed E-state index contributed by atoms with van der Waals surface area (Å²) >= 11 is 0. The summed E-state index contributed by atoms with van der Waals surface area (Å²) < 4.78 is 0. The molecule has 0 unspecified atom stereocenters. The summed E-state index contributed by atoms with van der Waals surface area (Å²) in [6.45, 7) is 13.4. The molecule has 1 fully saturated rings. The largest absolute Gasteiger partial charge is 0.315 e. The maximum Gasteiger partial charge on any atom is 0.0455 e. The molecule has 1 rings (SSSR count). The molecule has 1 saturated heterocycles. The van der Waals surface area contributed by atoms with Crippen molar-refractivity contribution in [1.82, 2.24) is 21.3 Å². The molecule has 0 amide bonds. The second-order valence-electron chi connectivity index (χ2n) is 7.29. The fraction of sp³-hybridized carbons (Fsp3) is 0.909. The third-order valence-electron chi connectivity index (χ3n) is 4.68. The zero-order valence-electron chi connectivity index (χ0n) is 17.7. The average molecular weight is 369 g/mol. The minimum Gasteiger partial charge on any atom is -0.315 e. The summed E-state index contributed by atoms with van der Waals surface area (Å²) in [4.78, 5) is 0. The zero-order chi connectivity index (χ0) is 19.0. The molecule has 0 aromatic rings. The highest BCUT2D eigenvalue weighted by molar-refractivity contribution is 4.65. The van der Waals surface area contributed by atoms with Crippen molar-refractivity contribution in [2.45, 2.75) is 84.0 Å². The van der Waals surface area contributed by atoms with Crippen LogP contribution in [-0.4, -0.2) is 45.9 Å². The van der Waals surface area contributed by atoms with Crippen LogP contribution in [0.2, 0.25) is 0 Å². The summed E-state index contributed by atoms with van der Waals surface area (Å²) in [5.74, 6) is 0. The lowest BCUT2D eigenvalue weighted by Crippen LogP contribution is -2.39. The van der Waals surface area contributed by atoms with Crippen LogP contribution in [0.15, 0.2) is 12.7 Å². The van der Waals surface area contributed by atoms with Gasteiger partial charge in [-0.2, -0.15) is 0 Å². The van der Waals surface area contributed by atoms with Gasteiger partial charge in [0.1, 0.15) is 0 Å². The first-order valence-corrected chi connectivity index (χ1v) is 11.4. The van der Waals surface area contributed by atoms with Gasteiger partial charge in [-0.1, -0.05) is 70.8 Å². The number of allylic oxidation sites excluding steroid dienone is 1. The van der Waals surface area contributed by atoms with Gasteiger partial charge in [0, 0.05) is 32.8 Å². The topological polar surface area (TPSA) is 48.1 Å². The van der Waals surface area contributed by atoms with Crippen LogP contribution in [-0.2, 0) is 0 Å². The molecule has 0 saturated carbocycles. The van der Waals surface area contributed by atoms with E-state index in [2.05, 4.69) is 34.8 Å². The molecule has 0 aromatic carbocycles. The van der Waals surface area contributed by atoms with Crippen LogP contribution in [0.5, 0.6) is 0 Å². The van der Waals surface area contributed by atoms with Crippen molar-refractivity contribution in [1.29, 1.82) is 0 Å². The number of nitrogens with one attached hydrogen (secondary N) is 4. The van der Waals surface area contributed by atoms with E-state index in [0.717, 1.165) is 45.9 Å². The highest BCUT2D eigenvalue weighted by Crippen LogP contribution is 2.11. The van der Waals surface area contributed by atoms with E-state index < -0.39 is 0 Å². The second-order valence-corrected chi connectivity index (χ2v) is 7.29. The van der Waals surface area contributed by atoms with Crippen LogP contribution in [0.1, 0.15) is 84.0 Å². The summed E-state index contributed by atoms with van der Waals surface area (Å²) in [5.41, 5.74) is 0. The normalized spacial score (nSPS) is 16.7. The first-order chi connectivity index (χ1) is 12.9. The van der Waals surface area contributed by atoms with E-state index in [-0.39, 0.29) is 0 Å². The monoisotopic (exact) mass is 368 g/mol. The van der Waals surface area contributed by atoms with Crippen LogP contribution in [0.4, 0.5) is 0 Å². The SMILES string of the molecule is C1CNCCNCNCCNC1.C=CCCCCCCCCCCCC. The van der Waals surface area contributed by atoms with Gasteiger partial charge in [-0.3, -0.25) is 0 Å². The Morgan fingerprint density at radius 3 is 1.58 bits per heavy atom. The maximum atomic E-state index is 3.74. The highest BCUT2D eigenvalue weighted by atomic mass is 15.1. The summed E-state index contributed by atoms with van der Waals surface area (Å²) in [6, 6.07) is 0. The van der Waals surface area contributed by atoms with Crippen molar-refractivity contribution in [3.63, 3.8) is 0 Å². The van der Waals surface area contributed by atoms with Gasteiger partial charge in [-0.05, 0) is 32.4 Å². The smallest absolute Gasteiger partial charge is 0.0455 e. The highest BCUT2D eigenvalue weighted by Gasteiger charge is 1.93. The lowest BCUT2D eigenvalue weighted by Gasteiger charge is -2.11. The van der Waals surface area contributed by atoms with E-state index >= 15 is 0 Å². The van der Waals surface area contributed by atoms with Gasteiger partial charge >= 0.3 is 0 Å². The lowest BCUT2D eigenvalue weighted by molar-refractivity contribution is 0.513. The molecule has 1 heterocycles.